The molecule has 0 saturated heterocycles. The third-order valence-corrected chi connectivity index (χ3v) is 3.42. The van der Waals surface area contributed by atoms with Crippen LogP contribution >= 0.6 is 27.5 Å². The lowest BCUT2D eigenvalue weighted by Gasteiger charge is -2.11. The molecule has 19 heavy (non-hydrogen) atoms. The highest BCUT2D eigenvalue weighted by Gasteiger charge is 2.06. The minimum absolute atomic E-state index is 0.534. The lowest BCUT2D eigenvalue weighted by atomic mass is 10.2. The molecule has 2 rings (SSSR count). The first kappa shape index (κ1) is 13.7. The maximum absolute atomic E-state index is 9.07. The number of nitrogens with one attached hydrogen (secondary N) is 1. The van der Waals surface area contributed by atoms with E-state index in [1.165, 1.54) is 0 Å². The van der Waals surface area contributed by atoms with E-state index in [9.17, 15) is 0 Å². The van der Waals surface area contributed by atoms with Gasteiger partial charge in [0.05, 0.1) is 22.8 Å². The van der Waals surface area contributed by atoms with Crippen molar-refractivity contribution in [2.24, 2.45) is 0 Å². The van der Waals surface area contributed by atoms with Gasteiger partial charge < -0.3 is 10.1 Å². The quantitative estimate of drug-likeness (QED) is 0.881. The number of hydrogen-bond acceptors (Lipinski definition) is 3. The summed E-state index contributed by atoms with van der Waals surface area (Å²) in [5.41, 5.74) is 2.02. The molecule has 5 heteroatoms. The van der Waals surface area contributed by atoms with E-state index in [1.807, 2.05) is 18.2 Å². The van der Waals surface area contributed by atoms with Crippen LogP contribution in [-0.2, 0) is 0 Å². The maximum atomic E-state index is 9.07. The molecule has 0 bridgehead atoms. The number of anilines is 2. The van der Waals surface area contributed by atoms with Gasteiger partial charge in [-0.25, -0.2) is 0 Å². The van der Waals surface area contributed by atoms with Gasteiger partial charge in [-0.05, 0) is 46.3 Å². The molecule has 0 radical (unpaired) electrons. The average Bonchev–Trinajstić information content (AvgIpc) is 2.41. The first-order chi connectivity index (χ1) is 9.13. The van der Waals surface area contributed by atoms with Gasteiger partial charge in [0.1, 0.15) is 11.8 Å². The van der Waals surface area contributed by atoms with Crippen LogP contribution in [0.4, 0.5) is 11.4 Å². The number of nitriles is 1. The number of hydrogen-bond donors (Lipinski definition) is 1. The Labute approximate surface area is 124 Å². The van der Waals surface area contributed by atoms with Crippen molar-refractivity contribution in [3.8, 4) is 11.8 Å². The number of nitrogens with zero attached hydrogens (tertiary/aromatic N) is 1. The van der Waals surface area contributed by atoms with Gasteiger partial charge in [0, 0.05) is 16.8 Å². The topological polar surface area (TPSA) is 45.0 Å². The van der Waals surface area contributed by atoms with E-state index in [-0.39, 0.29) is 0 Å². The SMILES string of the molecule is COc1cc(Nc2cc(Cl)ccc2C#N)ccc1Br. The Morgan fingerprint density at radius 3 is 2.74 bits per heavy atom. The second-order valence-electron chi connectivity index (χ2n) is 3.78. The van der Waals surface area contributed by atoms with Gasteiger partial charge in [0.15, 0.2) is 0 Å². The van der Waals surface area contributed by atoms with E-state index >= 15 is 0 Å². The minimum atomic E-state index is 0.534. The molecule has 0 amide bonds. The Bertz CT molecular complexity index is 652. The Hall–Kier alpha value is -1.70. The van der Waals surface area contributed by atoms with Gasteiger partial charge in [0.2, 0.25) is 0 Å². The van der Waals surface area contributed by atoms with Gasteiger partial charge in [0.25, 0.3) is 0 Å². The number of methoxy groups -OCH3 is 1. The van der Waals surface area contributed by atoms with Crippen molar-refractivity contribution in [1.82, 2.24) is 0 Å². The van der Waals surface area contributed by atoms with Gasteiger partial charge in [-0.2, -0.15) is 5.26 Å². The zero-order chi connectivity index (χ0) is 13.8. The van der Waals surface area contributed by atoms with Crippen LogP contribution in [0.15, 0.2) is 40.9 Å². The van der Waals surface area contributed by atoms with E-state index in [0.29, 0.717) is 22.0 Å². The second kappa shape index (κ2) is 5.96. The number of benzene rings is 2. The van der Waals surface area contributed by atoms with Crippen LogP contribution in [0, 0.1) is 11.3 Å². The molecule has 0 saturated carbocycles. The summed E-state index contributed by atoms with van der Waals surface area (Å²) in [7, 11) is 1.60. The molecule has 3 nitrogen and oxygen atoms in total. The molecule has 0 aliphatic carbocycles. The summed E-state index contributed by atoms with van der Waals surface area (Å²) in [5, 5.41) is 12.8. The van der Waals surface area contributed by atoms with E-state index in [1.54, 1.807) is 25.3 Å². The summed E-state index contributed by atoms with van der Waals surface area (Å²) in [6.45, 7) is 0. The summed E-state index contributed by atoms with van der Waals surface area (Å²) in [6, 6.07) is 12.8. The Kier molecular flexibility index (Phi) is 4.31. The van der Waals surface area contributed by atoms with Crippen molar-refractivity contribution in [2.75, 3.05) is 12.4 Å². The molecular formula is C14H10BrClN2O. The van der Waals surface area contributed by atoms with Crippen molar-refractivity contribution in [2.45, 2.75) is 0 Å². The van der Waals surface area contributed by atoms with Crippen molar-refractivity contribution < 1.29 is 4.74 Å². The second-order valence-corrected chi connectivity index (χ2v) is 5.07. The number of halogens is 2. The maximum Gasteiger partial charge on any atom is 0.135 e. The third-order valence-electron chi connectivity index (χ3n) is 2.53. The first-order valence-electron chi connectivity index (χ1n) is 5.44. The molecule has 0 aliphatic heterocycles. The summed E-state index contributed by atoms with van der Waals surface area (Å²) < 4.78 is 6.09. The van der Waals surface area contributed by atoms with Crippen LogP contribution in [0.1, 0.15) is 5.56 Å². The zero-order valence-corrected chi connectivity index (χ0v) is 12.4. The molecule has 2 aromatic rings. The highest BCUT2D eigenvalue weighted by Crippen LogP contribution is 2.30. The van der Waals surface area contributed by atoms with Gasteiger partial charge in [-0.1, -0.05) is 11.6 Å². The van der Waals surface area contributed by atoms with Crippen LogP contribution in [0.2, 0.25) is 5.02 Å². The first-order valence-corrected chi connectivity index (χ1v) is 6.61. The van der Waals surface area contributed by atoms with Crippen LogP contribution in [0.25, 0.3) is 0 Å². The molecular weight excluding hydrogens is 328 g/mol. The molecule has 0 fully saturated rings. The average molecular weight is 338 g/mol. The standard InChI is InChI=1S/C14H10BrClN2O/c1-19-14-7-11(4-5-12(14)15)18-13-6-10(16)3-2-9(13)8-17/h2-7,18H,1H3. The summed E-state index contributed by atoms with van der Waals surface area (Å²) in [6.07, 6.45) is 0. The highest BCUT2D eigenvalue weighted by molar-refractivity contribution is 9.10. The van der Waals surface area contributed by atoms with Gasteiger partial charge in [-0.15, -0.1) is 0 Å². The molecule has 1 N–H and O–H groups in total. The van der Waals surface area contributed by atoms with Crippen LogP contribution in [-0.4, -0.2) is 7.11 Å². The molecule has 0 aliphatic rings. The molecule has 2 aromatic carbocycles. The smallest absolute Gasteiger partial charge is 0.135 e. The van der Waals surface area contributed by atoms with Crippen molar-refractivity contribution in [1.29, 1.82) is 5.26 Å². The van der Waals surface area contributed by atoms with Crippen molar-refractivity contribution >= 4 is 38.9 Å². The molecule has 0 heterocycles. The summed E-state index contributed by atoms with van der Waals surface area (Å²) >= 11 is 9.33. The lowest BCUT2D eigenvalue weighted by Crippen LogP contribution is -1.94. The predicted octanol–water partition coefficient (Wildman–Crippen LogP) is 4.73. The zero-order valence-electron chi connectivity index (χ0n) is 10.1. The summed E-state index contributed by atoms with van der Waals surface area (Å²) in [4.78, 5) is 0. The molecule has 0 unspecified atom stereocenters. The van der Waals surface area contributed by atoms with E-state index < -0.39 is 0 Å². The largest absolute Gasteiger partial charge is 0.495 e. The van der Waals surface area contributed by atoms with E-state index in [0.717, 1.165) is 10.2 Å². The summed E-state index contributed by atoms with van der Waals surface area (Å²) in [5.74, 6) is 0.713. The molecule has 0 aromatic heterocycles. The minimum Gasteiger partial charge on any atom is -0.495 e. The number of rotatable bonds is 3. The monoisotopic (exact) mass is 336 g/mol. The Balaban J connectivity index is 2.36. The third kappa shape index (κ3) is 3.19. The van der Waals surface area contributed by atoms with Crippen molar-refractivity contribution in [3.05, 3.63) is 51.5 Å². The Morgan fingerprint density at radius 2 is 2.05 bits per heavy atom. The number of ether oxygens (including phenoxy) is 1. The fraction of sp³-hybridized carbons (Fsp3) is 0.0714. The normalized spacial score (nSPS) is 9.79. The van der Waals surface area contributed by atoms with Crippen LogP contribution in [0.5, 0.6) is 5.75 Å². The van der Waals surface area contributed by atoms with E-state index in [4.69, 9.17) is 21.6 Å². The molecule has 96 valence electrons. The van der Waals surface area contributed by atoms with E-state index in [2.05, 4.69) is 27.3 Å². The molecule has 0 spiro atoms. The molecule has 0 atom stereocenters. The van der Waals surface area contributed by atoms with Crippen LogP contribution < -0.4 is 10.1 Å². The van der Waals surface area contributed by atoms with Gasteiger partial charge in [-0.3, -0.25) is 0 Å². The lowest BCUT2D eigenvalue weighted by molar-refractivity contribution is 0.412. The van der Waals surface area contributed by atoms with Crippen molar-refractivity contribution in [3.63, 3.8) is 0 Å². The van der Waals surface area contributed by atoms with Crippen LogP contribution in [0.3, 0.4) is 0 Å². The van der Waals surface area contributed by atoms with Gasteiger partial charge >= 0.3 is 0 Å². The predicted molar refractivity (Wildman–Crippen MR) is 80.1 cm³/mol. The Morgan fingerprint density at radius 1 is 1.26 bits per heavy atom. The fourth-order valence-electron chi connectivity index (χ4n) is 1.61. The fourth-order valence-corrected chi connectivity index (χ4v) is 2.19. The highest BCUT2D eigenvalue weighted by atomic mass is 79.9.